The number of hydrogen-bond donors (Lipinski definition) is 0. The molecule has 0 saturated heterocycles. The summed E-state index contributed by atoms with van der Waals surface area (Å²) in [4.78, 5) is 0. The van der Waals surface area contributed by atoms with E-state index in [9.17, 15) is 13.0 Å². The minimum atomic E-state index is -4.07. The Morgan fingerprint density at radius 3 is 1.83 bits per heavy atom. The van der Waals surface area contributed by atoms with Gasteiger partial charge in [-0.05, 0) is 12.8 Å². The Kier molecular flexibility index (Phi) is 11.5. The second-order valence-electron chi connectivity index (χ2n) is 4.81. The lowest BCUT2D eigenvalue weighted by Gasteiger charge is -2.01. The van der Waals surface area contributed by atoms with Gasteiger partial charge in [-0.3, -0.25) is 0 Å². The molecule has 0 bridgehead atoms. The number of rotatable bonds is 12. The van der Waals surface area contributed by atoms with E-state index >= 15 is 0 Å². The Bertz CT molecular complexity index is 294. The van der Waals surface area contributed by atoms with Crippen LogP contribution in [0.4, 0.5) is 0 Å². The molecule has 18 heavy (non-hydrogen) atoms. The molecule has 0 atom stereocenters. The van der Waals surface area contributed by atoms with Crippen LogP contribution in [-0.4, -0.2) is 18.7 Å². The summed E-state index contributed by atoms with van der Waals surface area (Å²) in [6.07, 6.45) is 15.7. The van der Waals surface area contributed by atoms with Gasteiger partial charge in [0.05, 0.1) is 15.9 Å². The number of allylic oxidation sites excluding steroid dienone is 1. The molecule has 0 radical (unpaired) electrons. The van der Waals surface area contributed by atoms with Gasteiger partial charge in [-0.25, -0.2) is 8.42 Å². The normalized spacial score (nSPS) is 12.3. The molecule has 0 aliphatic rings. The van der Waals surface area contributed by atoms with Gasteiger partial charge in [0.25, 0.3) is 0 Å². The molecule has 3 nitrogen and oxygen atoms in total. The van der Waals surface area contributed by atoms with Gasteiger partial charge < -0.3 is 4.55 Å². The minimum absolute atomic E-state index is 0.371. The third-order valence-electron chi connectivity index (χ3n) is 2.94. The van der Waals surface area contributed by atoms with Crippen molar-refractivity contribution in [2.24, 2.45) is 0 Å². The van der Waals surface area contributed by atoms with Crippen LogP contribution >= 0.6 is 0 Å². The lowest BCUT2D eigenvalue weighted by molar-refractivity contribution is 0.466. The van der Waals surface area contributed by atoms with Crippen LogP contribution in [-0.2, 0) is 10.1 Å². The smallest absolute Gasteiger partial charge is 0.0982 e. The molecule has 0 rings (SSSR count). The fourth-order valence-electron chi connectivity index (χ4n) is 1.88. The average Bonchev–Trinajstić information content (AvgIpc) is 2.29. The SMILES string of the molecule is CCCCCCCCCCC/C=C/CS(=O)(=O)[O-]. The minimum Gasteiger partial charge on any atom is -0.748 e. The molecule has 0 unspecified atom stereocenters. The Hall–Kier alpha value is -0.350. The first-order chi connectivity index (χ1) is 8.56. The summed E-state index contributed by atoms with van der Waals surface area (Å²) in [6.45, 7) is 2.23. The molecule has 0 spiro atoms. The summed E-state index contributed by atoms with van der Waals surface area (Å²) < 4.78 is 30.9. The first-order valence-electron chi connectivity index (χ1n) is 7.15. The van der Waals surface area contributed by atoms with Gasteiger partial charge in [-0.15, -0.1) is 0 Å². The van der Waals surface area contributed by atoms with Crippen molar-refractivity contribution in [1.82, 2.24) is 0 Å². The molecule has 108 valence electrons. The maximum atomic E-state index is 10.3. The molecule has 0 aromatic rings. The molecule has 0 aromatic heterocycles. The van der Waals surface area contributed by atoms with E-state index in [0.29, 0.717) is 0 Å². The Morgan fingerprint density at radius 2 is 1.33 bits per heavy atom. The summed E-state index contributed by atoms with van der Waals surface area (Å²) in [6, 6.07) is 0. The Balaban J connectivity index is 3.16. The second-order valence-corrected chi connectivity index (χ2v) is 6.26. The topological polar surface area (TPSA) is 57.2 Å². The van der Waals surface area contributed by atoms with Crippen molar-refractivity contribution in [2.75, 3.05) is 5.75 Å². The quantitative estimate of drug-likeness (QED) is 0.307. The van der Waals surface area contributed by atoms with Crippen LogP contribution in [0.25, 0.3) is 0 Å². The summed E-state index contributed by atoms with van der Waals surface area (Å²) in [5.41, 5.74) is 0. The Morgan fingerprint density at radius 1 is 0.833 bits per heavy atom. The van der Waals surface area contributed by atoms with E-state index in [-0.39, 0.29) is 5.75 Å². The second kappa shape index (κ2) is 11.7. The molecule has 0 saturated carbocycles. The van der Waals surface area contributed by atoms with Crippen LogP contribution in [0, 0.1) is 0 Å². The number of hydrogen-bond acceptors (Lipinski definition) is 3. The molecule has 0 heterocycles. The highest BCUT2D eigenvalue weighted by Crippen LogP contribution is 2.10. The Labute approximate surface area is 112 Å². The van der Waals surface area contributed by atoms with Crippen LogP contribution in [0.2, 0.25) is 0 Å². The van der Waals surface area contributed by atoms with Crippen molar-refractivity contribution in [1.29, 1.82) is 0 Å². The predicted octanol–water partition coefficient (Wildman–Crippen LogP) is 4.01. The van der Waals surface area contributed by atoms with Crippen LogP contribution in [0.5, 0.6) is 0 Å². The first-order valence-corrected chi connectivity index (χ1v) is 8.72. The molecule has 0 aliphatic heterocycles. The fourth-order valence-corrected chi connectivity index (χ4v) is 2.25. The van der Waals surface area contributed by atoms with Crippen LogP contribution in [0.3, 0.4) is 0 Å². The van der Waals surface area contributed by atoms with Gasteiger partial charge in [0, 0.05) is 0 Å². The van der Waals surface area contributed by atoms with Crippen molar-refractivity contribution < 1.29 is 13.0 Å². The highest BCUT2D eigenvalue weighted by Gasteiger charge is 1.91. The van der Waals surface area contributed by atoms with Crippen molar-refractivity contribution in [2.45, 2.75) is 71.1 Å². The van der Waals surface area contributed by atoms with E-state index in [2.05, 4.69) is 6.92 Å². The highest BCUT2D eigenvalue weighted by molar-refractivity contribution is 7.85. The van der Waals surface area contributed by atoms with E-state index in [0.717, 1.165) is 12.8 Å². The van der Waals surface area contributed by atoms with Crippen molar-refractivity contribution >= 4 is 10.1 Å². The predicted molar refractivity (Wildman–Crippen MR) is 75.5 cm³/mol. The molecular formula is C14H27O3S-. The monoisotopic (exact) mass is 275 g/mol. The van der Waals surface area contributed by atoms with Gasteiger partial charge in [-0.2, -0.15) is 0 Å². The van der Waals surface area contributed by atoms with E-state index in [1.807, 2.05) is 0 Å². The first kappa shape index (κ1) is 17.6. The molecule has 0 N–H and O–H groups in total. The van der Waals surface area contributed by atoms with Crippen molar-refractivity contribution in [3.05, 3.63) is 12.2 Å². The summed E-state index contributed by atoms with van der Waals surface area (Å²) in [5, 5.41) is 0. The molecule has 0 aromatic carbocycles. The zero-order chi connectivity index (χ0) is 13.7. The summed E-state index contributed by atoms with van der Waals surface area (Å²) >= 11 is 0. The molecular weight excluding hydrogens is 248 g/mol. The highest BCUT2D eigenvalue weighted by atomic mass is 32.2. The van der Waals surface area contributed by atoms with E-state index in [1.54, 1.807) is 6.08 Å². The van der Waals surface area contributed by atoms with Gasteiger partial charge in [0.1, 0.15) is 0 Å². The third kappa shape index (κ3) is 15.6. The van der Waals surface area contributed by atoms with Crippen molar-refractivity contribution in [3.8, 4) is 0 Å². The zero-order valence-electron chi connectivity index (χ0n) is 11.6. The summed E-state index contributed by atoms with van der Waals surface area (Å²) in [7, 11) is -4.07. The molecule has 4 heteroatoms. The van der Waals surface area contributed by atoms with Gasteiger partial charge >= 0.3 is 0 Å². The van der Waals surface area contributed by atoms with E-state index < -0.39 is 10.1 Å². The van der Waals surface area contributed by atoms with Crippen molar-refractivity contribution in [3.63, 3.8) is 0 Å². The van der Waals surface area contributed by atoms with E-state index in [4.69, 9.17) is 0 Å². The largest absolute Gasteiger partial charge is 0.748 e. The van der Waals surface area contributed by atoms with Crippen LogP contribution in [0.1, 0.15) is 71.1 Å². The van der Waals surface area contributed by atoms with Gasteiger partial charge in [-0.1, -0.05) is 70.4 Å². The van der Waals surface area contributed by atoms with Crippen LogP contribution < -0.4 is 0 Å². The molecule has 0 amide bonds. The average molecular weight is 275 g/mol. The molecule has 0 aliphatic carbocycles. The van der Waals surface area contributed by atoms with Gasteiger partial charge in [0.2, 0.25) is 0 Å². The summed E-state index contributed by atoms with van der Waals surface area (Å²) in [5.74, 6) is -0.371. The fraction of sp³-hybridized carbons (Fsp3) is 0.857. The van der Waals surface area contributed by atoms with E-state index in [1.165, 1.54) is 57.4 Å². The third-order valence-corrected chi connectivity index (χ3v) is 3.54. The zero-order valence-corrected chi connectivity index (χ0v) is 12.4. The molecule has 0 fully saturated rings. The van der Waals surface area contributed by atoms with Crippen LogP contribution in [0.15, 0.2) is 12.2 Å². The van der Waals surface area contributed by atoms with Gasteiger partial charge in [0.15, 0.2) is 0 Å². The lowest BCUT2D eigenvalue weighted by Crippen LogP contribution is -2.00. The maximum absolute atomic E-state index is 10.3. The lowest BCUT2D eigenvalue weighted by atomic mass is 10.1. The number of unbranched alkanes of at least 4 members (excludes halogenated alkanes) is 9. The standard InChI is InChI=1S/C14H28O3S/c1-2-3-4-5-6-7-8-9-10-11-12-13-14-18(15,16)17/h12-13H,2-11,14H2,1H3,(H,15,16,17)/p-1/b13-12+. The maximum Gasteiger partial charge on any atom is 0.0982 e.